The van der Waals surface area contributed by atoms with Crippen molar-refractivity contribution in [3.63, 3.8) is 0 Å². The number of benzene rings is 1. The maximum atomic E-state index is 11.5. The van der Waals surface area contributed by atoms with Gasteiger partial charge in [-0.2, -0.15) is 0 Å². The average molecular weight is 290 g/mol. The third-order valence-electron chi connectivity index (χ3n) is 3.95. The maximum absolute atomic E-state index is 11.5. The van der Waals surface area contributed by atoms with E-state index in [0.29, 0.717) is 5.56 Å². The molecular formula is C18H14N2O2. The van der Waals surface area contributed by atoms with Crippen LogP contribution in [-0.4, -0.2) is 20.5 Å². The van der Waals surface area contributed by atoms with Gasteiger partial charge in [0.2, 0.25) is 0 Å². The van der Waals surface area contributed by atoms with Gasteiger partial charge in [0.1, 0.15) is 0 Å². The van der Waals surface area contributed by atoms with Crippen LogP contribution in [0.3, 0.4) is 0 Å². The van der Waals surface area contributed by atoms with E-state index in [1.54, 1.807) is 6.20 Å². The van der Waals surface area contributed by atoms with E-state index in [2.05, 4.69) is 23.1 Å². The Hall–Kier alpha value is -3.01. The van der Waals surface area contributed by atoms with Gasteiger partial charge in [0, 0.05) is 35.4 Å². The van der Waals surface area contributed by atoms with Crippen molar-refractivity contribution in [1.29, 1.82) is 0 Å². The van der Waals surface area contributed by atoms with Crippen LogP contribution >= 0.6 is 0 Å². The third-order valence-corrected chi connectivity index (χ3v) is 3.95. The number of allylic oxidation sites excluding steroid dienone is 5. The van der Waals surface area contributed by atoms with Gasteiger partial charge in [-0.25, -0.2) is 4.79 Å². The Morgan fingerprint density at radius 1 is 1.14 bits per heavy atom. The smallest absolute Gasteiger partial charge is 0.337 e. The highest BCUT2D eigenvalue weighted by Crippen LogP contribution is 2.29. The van der Waals surface area contributed by atoms with E-state index in [-0.39, 0.29) is 0 Å². The summed E-state index contributed by atoms with van der Waals surface area (Å²) in [6, 6.07) is 7.57. The SMILES string of the molecule is O=C(O)c1cn(C2=CC3=CCC=CN3C=C2)c2ccccc12. The summed E-state index contributed by atoms with van der Waals surface area (Å²) in [4.78, 5) is 13.5. The third kappa shape index (κ3) is 1.89. The molecule has 0 saturated carbocycles. The number of fused-ring (bicyclic) bond motifs is 2. The summed E-state index contributed by atoms with van der Waals surface area (Å²) in [7, 11) is 0. The lowest BCUT2D eigenvalue weighted by atomic mass is 10.1. The van der Waals surface area contributed by atoms with Crippen molar-refractivity contribution in [3.05, 3.63) is 78.4 Å². The zero-order valence-corrected chi connectivity index (χ0v) is 11.8. The number of carboxylic acid groups (broad SMARTS) is 1. The molecule has 1 aromatic carbocycles. The van der Waals surface area contributed by atoms with Gasteiger partial charge in [-0.15, -0.1) is 0 Å². The number of hydrogen-bond acceptors (Lipinski definition) is 2. The first-order chi connectivity index (χ1) is 10.7. The molecule has 108 valence electrons. The Labute approximate surface area is 127 Å². The summed E-state index contributed by atoms with van der Waals surface area (Å²) >= 11 is 0. The van der Waals surface area contributed by atoms with Crippen LogP contribution in [-0.2, 0) is 0 Å². The average Bonchev–Trinajstić information content (AvgIpc) is 2.94. The van der Waals surface area contributed by atoms with Gasteiger partial charge >= 0.3 is 5.97 Å². The molecule has 2 aliphatic rings. The van der Waals surface area contributed by atoms with Gasteiger partial charge in [0.15, 0.2) is 0 Å². The Balaban J connectivity index is 1.89. The molecule has 0 saturated heterocycles. The molecule has 0 radical (unpaired) electrons. The van der Waals surface area contributed by atoms with E-state index in [9.17, 15) is 9.90 Å². The predicted octanol–water partition coefficient (Wildman–Crippen LogP) is 3.81. The van der Waals surface area contributed by atoms with Crippen molar-refractivity contribution in [1.82, 2.24) is 9.47 Å². The molecule has 0 spiro atoms. The summed E-state index contributed by atoms with van der Waals surface area (Å²) in [6.07, 6.45) is 14.9. The van der Waals surface area contributed by atoms with Crippen LogP contribution in [0.5, 0.6) is 0 Å². The van der Waals surface area contributed by atoms with Gasteiger partial charge in [-0.05, 0) is 24.6 Å². The Morgan fingerprint density at radius 3 is 2.86 bits per heavy atom. The van der Waals surface area contributed by atoms with Crippen molar-refractivity contribution >= 4 is 22.6 Å². The molecule has 22 heavy (non-hydrogen) atoms. The first-order valence-electron chi connectivity index (χ1n) is 7.13. The van der Waals surface area contributed by atoms with Gasteiger partial charge in [-0.1, -0.05) is 30.4 Å². The molecule has 2 aliphatic heterocycles. The number of carbonyl (C=O) groups is 1. The maximum Gasteiger partial charge on any atom is 0.337 e. The molecule has 0 amide bonds. The molecule has 0 aliphatic carbocycles. The summed E-state index contributed by atoms with van der Waals surface area (Å²) < 4.78 is 1.94. The molecule has 0 bridgehead atoms. The number of aromatic nitrogens is 1. The molecule has 3 heterocycles. The number of aromatic carboxylic acids is 1. The fraction of sp³-hybridized carbons (Fsp3) is 0.0556. The highest BCUT2D eigenvalue weighted by molar-refractivity contribution is 6.04. The fourth-order valence-electron chi connectivity index (χ4n) is 2.89. The second kappa shape index (κ2) is 4.77. The second-order valence-corrected chi connectivity index (χ2v) is 5.28. The minimum absolute atomic E-state index is 0.324. The summed E-state index contributed by atoms with van der Waals surface area (Å²) in [5.74, 6) is -0.906. The highest BCUT2D eigenvalue weighted by atomic mass is 16.4. The molecule has 0 unspecified atom stereocenters. The van der Waals surface area contributed by atoms with Crippen molar-refractivity contribution < 1.29 is 9.90 Å². The number of carboxylic acids is 1. The molecular weight excluding hydrogens is 276 g/mol. The Kier molecular flexibility index (Phi) is 2.76. The van der Waals surface area contributed by atoms with E-state index in [1.807, 2.05) is 47.3 Å². The molecule has 0 atom stereocenters. The van der Waals surface area contributed by atoms with Gasteiger partial charge in [0.05, 0.1) is 11.1 Å². The molecule has 0 fully saturated rings. The van der Waals surface area contributed by atoms with Crippen LogP contribution in [0.15, 0.2) is 72.9 Å². The van der Waals surface area contributed by atoms with Gasteiger partial charge in [0.25, 0.3) is 0 Å². The van der Waals surface area contributed by atoms with Crippen molar-refractivity contribution in [2.24, 2.45) is 0 Å². The largest absolute Gasteiger partial charge is 0.478 e. The predicted molar refractivity (Wildman–Crippen MR) is 86.0 cm³/mol. The standard InChI is InChI=1S/C18H14N2O2/c21-18(22)16-12-20(17-7-2-1-6-15(16)17)14-8-10-19-9-4-3-5-13(19)11-14/h1-2,4-12H,3H2,(H,21,22). The van der Waals surface area contributed by atoms with Crippen LogP contribution in [0.25, 0.3) is 16.6 Å². The van der Waals surface area contributed by atoms with Gasteiger partial charge in [-0.3, -0.25) is 0 Å². The van der Waals surface area contributed by atoms with Crippen molar-refractivity contribution in [2.45, 2.75) is 6.42 Å². The van der Waals surface area contributed by atoms with E-state index in [0.717, 1.165) is 28.7 Å². The van der Waals surface area contributed by atoms with E-state index in [1.165, 1.54) is 0 Å². The Morgan fingerprint density at radius 2 is 2.00 bits per heavy atom. The summed E-state index contributed by atoms with van der Waals surface area (Å²) in [5, 5.41) is 10.2. The number of hydrogen-bond donors (Lipinski definition) is 1. The lowest BCUT2D eigenvalue weighted by Gasteiger charge is -2.24. The van der Waals surface area contributed by atoms with E-state index in [4.69, 9.17) is 0 Å². The first-order valence-corrected chi connectivity index (χ1v) is 7.13. The van der Waals surface area contributed by atoms with Crippen LogP contribution in [0.1, 0.15) is 16.8 Å². The lowest BCUT2D eigenvalue weighted by molar-refractivity contribution is 0.0699. The van der Waals surface area contributed by atoms with Crippen molar-refractivity contribution in [2.75, 3.05) is 0 Å². The normalized spacial score (nSPS) is 16.5. The fourth-order valence-corrected chi connectivity index (χ4v) is 2.89. The summed E-state index contributed by atoms with van der Waals surface area (Å²) in [5.41, 5.74) is 3.29. The quantitative estimate of drug-likeness (QED) is 0.914. The minimum Gasteiger partial charge on any atom is -0.478 e. The van der Waals surface area contributed by atoms with Gasteiger partial charge < -0.3 is 14.6 Å². The molecule has 4 rings (SSSR count). The van der Waals surface area contributed by atoms with Crippen molar-refractivity contribution in [3.8, 4) is 0 Å². The summed E-state index contributed by atoms with van der Waals surface area (Å²) in [6.45, 7) is 0. The Bertz CT molecular complexity index is 897. The second-order valence-electron chi connectivity index (χ2n) is 5.28. The lowest BCUT2D eigenvalue weighted by Crippen LogP contribution is -2.14. The topological polar surface area (TPSA) is 45.5 Å². The first kappa shape index (κ1) is 12.7. The zero-order chi connectivity index (χ0) is 15.1. The van der Waals surface area contributed by atoms with E-state index >= 15 is 0 Å². The highest BCUT2D eigenvalue weighted by Gasteiger charge is 2.17. The molecule has 1 aromatic heterocycles. The van der Waals surface area contributed by atoms with Crippen LogP contribution < -0.4 is 0 Å². The number of rotatable bonds is 2. The number of nitrogens with zero attached hydrogens (tertiary/aromatic N) is 2. The monoisotopic (exact) mass is 290 g/mol. The molecule has 1 N–H and O–H groups in total. The zero-order valence-electron chi connectivity index (χ0n) is 11.8. The van der Waals surface area contributed by atoms with Crippen LogP contribution in [0.2, 0.25) is 0 Å². The van der Waals surface area contributed by atoms with Crippen LogP contribution in [0, 0.1) is 0 Å². The van der Waals surface area contributed by atoms with Crippen LogP contribution in [0.4, 0.5) is 0 Å². The molecule has 2 aromatic rings. The number of para-hydroxylation sites is 1. The molecule has 4 nitrogen and oxygen atoms in total. The minimum atomic E-state index is -0.906. The van der Waals surface area contributed by atoms with E-state index < -0.39 is 5.97 Å². The molecule has 4 heteroatoms.